The van der Waals surface area contributed by atoms with Crippen molar-refractivity contribution in [2.75, 3.05) is 26.2 Å². The summed E-state index contributed by atoms with van der Waals surface area (Å²) < 4.78 is 0. The molecule has 0 unspecified atom stereocenters. The number of hydrogen-bond donors (Lipinski definition) is 3. The Labute approximate surface area is 82.5 Å². The van der Waals surface area contributed by atoms with E-state index in [0.29, 0.717) is 11.6 Å². The minimum Gasteiger partial charge on any atom is -0.399 e. The molecule has 0 amide bonds. The third kappa shape index (κ3) is 2.99. The van der Waals surface area contributed by atoms with Crippen LogP contribution >= 0.6 is 11.6 Å². The number of halogens is 1. The molecule has 0 atom stereocenters. The maximum atomic E-state index is 8.76. The summed E-state index contributed by atoms with van der Waals surface area (Å²) in [6.07, 6.45) is 1.01. The standard InChI is InChI=1S/C8H14ClN3O/c9-8(6(10)5-13)7-4-11-2-1-3-12-7/h11,13H,1-5,10H2/b8-6+. The fourth-order valence-electron chi connectivity index (χ4n) is 1.08. The Bertz CT molecular complexity index is 238. The summed E-state index contributed by atoms with van der Waals surface area (Å²) in [5.41, 5.74) is 6.51. The summed E-state index contributed by atoms with van der Waals surface area (Å²) in [4.78, 5) is 4.27. The van der Waals surface area contributed by atoms with E-state index >= 15 is 0 Å². The van der Waals surface area contributed by atoms with E-state index in [1.807, 2.05) is 0 Å². The maximum absolute atomic E-state index is 8.76. The van der Waals surface area contributed by atoms with Gasteiger partial charge in [-0.1, -0.05) is 11.6 Å². The van der Waals surface area contributed by atoms with Crippen LogP contribution in [0.2, 0.25) is 0 Å². The van der Waals surface area contributed by atoms with Crippen molar-refractivity contribution in [3.63, 3.8) is 0 Å². The predicted octanol–water partition coefficient (Wildman–Crippen LogP) is -0.178. The lowest BCUT2D eigenvalue weighted by Gasteiger charge is -2.05. The second kappa shape index (κ2) is 5.21. The van der Waals surface area contributed by atoms with Crippen molar-refractivity contribution < 1.29 is 5.11 Å². The molecule has 0 aliphatic carbocycles. The van der Waals surface area contributed by atoms with E-state index in [1.165, 1.54) is 0 Å². The highest BCUT2D eigenvalue weighted by Gasteiger charge is 2.09. The molecule has 5 heteroatoms. The Morgan fingerprint density at radius 2 is 2.46 bits per heavy atom. The Morgan fingerprint density at radius 1 is 1.69 bits per heavy atom. The highest BCUT2D eigenvalue weighted by Crippen LogP contribution is 2.09. The van der Waals surface area contributed by atoms with Gasteiger partial charge in [-0.25, -0.2) is 0 Å². The van der Waals surface area contributed by atoms with Crippen LogP contribution < -0.4 is 11.1 Å². The van der Waals surface area contributed by atoms with Crippen LogP contribution in [-0.4, -0.2) is 37.1 Å². The molecule has 4 nitrogen and oxygen atoms in total. The number of nitrogens with two attached hydrogens (primary N) is 1. The molecule has 74 valence electrons. The summed E-state index contributed by atoms with van der Waals surface area (Å²) in [6.45, 7) is 2.10. The van der Waals surface area contributed by atoms with Gasteiger partial charge in [0.2, 0.25) is 0 Å². The van der Waals surface area contributed by atoms with E-state index in [-0.39, 0.29) is 12.3 Å². The molecule has 0 fully saturated rings. The van der Waals surface area contributed by atoms with E-state index in [2.05, 4.69) is 10.3 Å². The van der Waals surface area contributed by atoms with Crippen LogP contribution in [0.1, 0.15) is 6.42 Å². The molecule has 0 radical (unpaired) electrons. The Hall–Kier alpha value is -0.580. The van der Waals surface area contributed by atoms with Crippen molar-refractivity contribution in [2.45, 2.75) is 6.42 Å². The van der Waals surface area contributed by atoms with Crippen LogP contribution in [0.5, 0.6) is 0 Å². The quantitative estimate of drug-likeness (QED) is 0.583. The second-order valence-electron chi connectivity index (χ2n) is 2.86. The van der Waals surface area contributed by atoms with E-state index < -0.39 is 0 Å². The molecule has 1 aliphatic rings. The summed E-state index contributed by atoms with van der Waals surface area (Å²) in [6, 6.07) is 0. The maximum Gasteiger partial charge on any atom is 0.0841 e. The fourth-order valence-corrected chi connectivity index (χ4v) is 1.27. The molecule has 0 aromatic rings. The first-order valence-corrected chi connectivity index (χ1v) is 4.63. The Kier molecular flexibility index (Phi) is 4.21. The number of nitrogens with zero attached hydrogens (tertiary/aromatic N) is 1. The lowest BCUT2D eigenvalue weighted by Crippen LogP contribution is -2.23. The van der Waals surface area contributed by atoms with Gasteiger partial charge in [0.1, 0.15) is 0 Å². The molecule has 13 heavy (non-hydrogen) atoms. The van der Waals surface area contributed by atoms with Gasteiger partial charge in [-0.05, 0) is 13.0 Å². The van der Waals surface area contributed by atoms with Crippen LogP contribution in [0.4, 0.5) is 0 Å². The highest BCUT2D eigenvalue weighted by molar-refractivity contribution is 6.44. The zero-order valence-corrected chi connectivity index (χ0v) is 8.14. The van der Waals surface area contributed by atoms with Crippen LogP contribution in [0.25, 0.3) is 0 Å². The number of nitrogens with one attached hydrogen (secondary N) is 1. The number of rotatable bonds is 2. The molecular weight excluding hydrogens is 190 g/mol. The molecular formula is C8H14ClN3O. The van der Waals surface area contributed by atoms with Crippen molar-refractivity contribution in [3.05, 3.63) is 10.7 Å². The molecule has 1 aliphatic heterocycles. The Balaban J connectivity index is 2.74. The average molecular weight is 204 g/mol. The van der Waals surface area contributed by atoms with Gasteiger partial charge in [0.15, 0.2) is 0 Å². The Morgan fingerprint density at radius 3 is 3.15 bits per heavy atom. The van der Waals surface area contributed by atoms with Crippen molar-refractivity contribution in [1.82, 2.24) is 5.32 Å². The molecule has 1 rings (SSSR count). The zero-order valence-electron chi connectivity index (χ0n) is 7.39. The smallest absolute Gasteiger partial charge is 0.0841 e. The van der Waals surface area contributed by atoms with Gasteiger partial charge >= 0.3 is 0 Å². The second-order valence-corrected chi connectivity index (χ2v) is 3.23. The molecule has 0 aromatic carbocycles. The minimum atomic E-state index is -0.224. The van der Waals surface area contributed by atoms with E-state index in [4.69, 9.17) is 22.4 Å². The molecule has 0 aromatic heterocycles. The monoisotopic (exact) mass is 203 g/mol. The van der Waals surface area contributed by atoms with Gasteiger partial charge < -0.3 is 16.2 Å². The van der Waals surface area contributed by atoms with Gasteiger partial charge in [-0.15, -0.1) is 0 Å². The number of aliphatic hydroxyl groups excluding tert-OH is 1. The molecule has 0 bridgehead atoms. The zero-order chi connectivity index (χ0) is 9.68. The minimum absolute atomic E-state index is 0.224. The molecule has 0 saturated carbocycles. The van der Waals surface area contributed by atoms with Gasteiger partial charge in [-0.2, -0.15) is 0 Å². The number of aliphatic imine (C=N–C) groups is 1. The van der Waals surface area contributed by atoms with Crippen molar-refractivity contribution in [1.29, 1.82) is 0 Å². The molecule has 4 N–H and O–H groups in total. The predicted molar refractivity (Wildman–Crippen MR) is 53.9 cm³/mol. The van der Waals surface area contributed by atoms with E-state index in [1.54, 1.807) is 0 Å². The number of aliphatic hydroxyl groups is 1. The third-order valence-electron chi connectivity index (χ3n) is 1.81. The van der Waals surface area contributed by atoms with E-state index in [0.717, 1.165) is 25.2 Å². The molecule has 1 heterocycles. The summed E-state index contributed by atoms with van der Waals surface area (Å²) in [5.74, 6) is 0. The first-order valence-electron chi connectivity index (χ1n) is 4.25. The van der Waals surface area contributed by atoms with Crippen LogP contribution in [0.15, 0.2) is 15.7 Å². The number of hydrogen-bond acceptors (Lipinski definition) is 4. The third-order valence-corrected chi connectivity index (χ3v) is 2.27. The van der Waals surface area contributed by atoms with Crippen molar-refractivity contribution in [3.8, 4) is 0 Å². The van der Waals surface area contributed by atoms with Gasteiger partial charge in [0.05, 0.1) is 23.0 Å². The van der Waals surface area contributed by atoms with Crippen molar-refractivity contribution in [2.24, 2.45) is 10.7 Å². The first-order chi connectivity index (χ1) is 6.25. The molecule has 0 saturated heterocycles. The largest absolute Gasteiger partial charge is 0.399 e. The SMILES string of the molecule is N/C(CO)=C(/Cl)C1=NCCCNC1. The first kappa shape index (κ1) is 10.5. The lowest BCUT2D eigenvalue weighted by molar-refractivity contribution is 0.329. The summed E-state index contributed by atoms with van der Waals surface area (Å²) in [7, 11) is 0. The highest BCUT2D eigenvalue weighted by atomic mass is 35.5. The fraction of sp³-hybridized carbons (Fsp3) is 0.625. The van der Waals surface area contributed by atoms with Gasteiger partial charge in [0, 0.05) is 13.1 Å². The topological polar surface area (TPSA) is 70.6 Å². The van der Waals surface area contributed by atoms with Crippen molar-refractivity contribution >= 4 is 17.3 Å². The van der Waals surface area contributed by atoms with Crippen LogP contribution in [0.3, 0.4) is 0 Å². The van der Waals surface area contributed by atoms with E-state index in [9.17, 15) is 0 Å². The summed E-state index contributed by atoms with van der Waals surface area (Å²) >= 11 is 5.91. The normalized spacial score (nSPS) is 20.3. The lowest BCUT2D eigenvalue weighted by atomic mass is 10.3. The average Bonchev–Trinajstić information content (AvgIpc) is 2.43. The van der Waals surface area contributed by atoms with Crippen LogP contribution in [0, 0.1) is 0 Å². The summed E-state index contributed by atoms with van der Waals surface area (Å²) in [5, 5.41) is 12.3. The van der Waals surface area contributed by atoms with Crippen LogP contribution in [-0.2, 0) is 0 Å². The van der Waals surface area contributed by atoms with Gasteiger partial charge in [-0.3, -0.25) is 4.99 Å². The van der Waals surface area contributed by atoms with Gasteiger partial charge in [0.25, 0.3) is 0 Å². The molecule has 0 spiro atoms.